The Bertz CT molecular complexity index is 1500. The number of para-hydroxylation sites is 1. The van der Waals surface area contributed by atoms with Crippen molar-refractivity contribution in [2.24, 2.45) is 5.92 Å². The van der Waals surface area contributed by atoms with Crippen molar-refractivity contribution in [3.63, 3.8) is 0 Å². The highest BCUT2D eigenvalue weighted by atomic mass is 16.3. The number of rotatable bonds is 8. The van der Waals surface area contributed by atoms with Crippen molar-refractivity contribution in [2.75, 3.05) is 31.5 Å². The van der Waals surface area contributed by atoms with Gasteiger partial charge in [0.05, 0.1) is 5.69 Å². The molecule has 0 radical (unpaired) electrons. The van der Waals surface area contributed by atoms with Gasteiger partial charge in [0.15, 0.2) is 5.65 Å². The van der Waals surface area contributed by atoms with Crippen molar-refractivity contribution in [3.05, 3.63) is 108 Å². The summed E-state index contributed by atoms with van der Waals surface area (Å²) in [5.74, 6) is 2.01. The monoisotopic (exact) mass is 515 g/mol. The molecule has 1 saturated heterocycles. The van der Waals surface area contributed by atoms with Gasteiger partial charge in [-0.1, -0.05) is 72.8 Å². The molecule has 6 nitrogen and oxygen atoms in total. The van der Waals surface area contributed by atoms with Crippen molar-refractivity contribution < 1.29 is 5.11 Å². The maximum absolute atomic E-state index is 10.5. The molecular formula is C32H34BN5O. The Balaban J connectivity index is 1.19. The molecule has 3 heterocycles. The minimum Gasteiger partial charge on any atom is -0.507 e. The Morgan fingerprint density at radius 3 is 2.36 bits per heavy atom. The molecule has 1 fully saturated rings. The van der Waals surface area contributed by atoms with Gasteiger partial charge in [-0.2, -0.15) is 9.61 Å². The van der Waals surface area contributed by atoms with Crippen LogP contribution in [0.25, 0.3) is 16.9 Å². The van der Waals surface area contributed by atoms with Gasteiger partial charge in [0.2, 0.25) is 0 Å². The first kappa shape index (κ1) is 25.2. The van der Waals surface area contributed by atoms with E-state index in [0.29, 0.717) is 11.8 Å². The number of piperidine rings is 1. The smallest absolute Gasteiger partial charge is 0.151 e. The van der Waals surface area contributed by atoms with E-state index in [1.807, 2.05) is 42.8 Å². The fraction of sp³-hybridized carbons (Fsp3) is 0.250. The van der Waals surface area contributed by atoms with Crippen LogP contribution in [-0.2, 0) is 0 Å². The minimum absolute atomic E-state index is 0.228. The number of aromatic nitrogens is 3. The van der Waals surface area contributed by atoms with Crippen LogP contribution in [0.1, 0.15) is 29.9 Å². The molecule has 0 amide bonds. The summed E-state index contributed by atoms with van der Waals surface area (Å²) in [6.45, 7) is 4.06. The van der Waals surface area contributed by atoms with Crippen LogP contribution in [0, 0.1) is 5.92 Å². The predicted molar refractivity (Wildman–Crippen MR) is 161 cm³/mol. The van der Waals surface area contributed by atoms with Crippen LogP contribution >= 0.6 is 0 Å². The lowest BCUT2D eigenvalue weighted by molar-refractivity contribution is 0.176. The van der Waals surface area contributed by atoms with E-state index in [1.165, 1.54) is 24.0 Å². The van der Waals surface area contributed by atoms with Gasteiger partial charge in [-0.05, 0) is 54.0 Å². The average molecular weight is 515 g/mol. The van der Waals surface area contributed by atoms with E-state index in [2.05, 4.69) is 76.0 Å². The fourth-order valence-electron chi connectivity index (χ4n) is 5.79. The summed E-state index contributed by atoms with van der Waals surface area (Å²) in [4.78, 5) is 7.45. The first-order chi connectivity index (χ1) is 19.2. The number of hydrogen-bond acceptors (Lipinski definition) is 5. The third-order valence-corrected chi connectivity index (χ3v) is 7.85. The average Bonchev–Trinajstić information content (AvgIpc) is 3.36. The number of benzene rings is 3. The lowest BCUT2D eigenvalue weighted by Gasteiger charge is -2.35. The molecule has 1 unspecified atom stereocenters. The summed E-state index contributed by atoms with van der Waals surface area (Å²) < 4.78 is 1.88. The molecule has 1 aliphatic heterocycles. The summed E-state index contributed by atoms with van der Waals surface area (Å²) in [6, 6.07) is 31.1. The van der Waals surface area contributed by atoms with Crippen LogP contribution in [-0.4, -0.2) is 58.6 Å². The Labute approximate surface area is 230 Å². The molecule has 0 bridgehead atoms. The van der Waals surface area contributed by atoms with Crippen LogP contribution in [0.5, 0.6) is 5.75 Å². The van der Waals surface area contributed by atoms with Crippen molar-refractivity contribution in [1.29, 1.82) is 0 Å². The highest BCUT2D eigenvalue weighted by Gasteiger charge is 2.24. The van der Waals surface area contributed by atoms with Crippen LogP contribution in [0.3, 0.4) is 0 Å². The van der Waals surface area contributed by atoms with Gasteiger partial charge in [-0.15, -0.1) is 0 Å². The minimum atomic E-state index is 0.228. The zero-order valence-electron chi connectivity index (χ0n) is 22.4. The fourth-order valence-corrected chi connectivity index (χ4v) is 5.79. The Morgan fingerprint density at radius 1 is 0.949 bits per heavy atom. The summed E-state index contributed by atoms with van der Waals surface area (Å²) in [7, 11) is 2.02. The summed E-state index contributed by atoms with van der Waals surface area (Å²) in [6.07, 6.45) is 4.24. The van der Waals surface area contributed by atoms with Gasteiger partial charge < -0.3 is 15.3 Å². The third-order valence-electron chi connectivity index (χ3n) is 7.85. The first-order valence-corrected chi connectivity index (χ1v) is 13.9. The molecular weight excluding hydrogens is 481 g/mol. The van der Waals surface area contributed by atoms with E-state index < -0.39 is 0 Å². The first-order valence-electron chi connectivity index (χ1n) is 13.9. The molecule has 2 N–H and O–H groups in total. The molecule has 3 aromatic carbocycles. The number of nitrogens with zero attached hydrogens (tertiary/aromatic N) is 4. The van der Waals surface area contributed by atoms with Gasteiger partial charge >= 0.3 is 0 Å². The molecule has 0 aliphatic carbocycles. The molecule has 0 saturated carbocycles. The molecule has 196 valence electrons. The van der Waals surface area contributed by atoms with E-state index >= 15 is 0 Å². The number of hydrogen-bond donors (Lipinski definition) is 2. The van der Waals surface area contributed by atoms with Gasteiger partial charge in [0.25, 0.3) is 0 Å². The Hall–Kier alpha value is -4.10. The summed E-state index contributed by atoms with van der Waals surface area (Å²) in [5.41, 5.74) is 6.01. The second kappa shape index (κ2) is 11.3. The van der Waals surface area contributed by atoms with Crippen LogP contribution in [0.2, 0.25) is 0 Å². The van der Waals surface area contributed by atoms with E-state index in [4.69, 9.17) is 4.98 Å². The molecule has 1 atom stereocenters. The molecule has 0 spiro atoms. The quantitative estimate of drug-likeness (QED) is 0.302. The van der Waals surface area contributed by atoms with E-state index in [0.717, 1.165) is 54.4 Å². The van der Waals surface area contributed by atoms with E-state index in [-0.39, 0.29) is 5.75 Å². The SMILES string of the molecule is Bc1cnn2c(NCC3CCCN(CC(c4ccccc4)c4ccccc4)C3)cc(-c3ccccc3O)nc12. The topological polar surface area (TPSA) is 65.7 Å². The van der Waals surface area contributed by atoms with E-state index in [1.54, 1.807) is 6.07 Å². The second-order valence-corrected chi connectivity index (χ2v) is 10.6. The number of fused-ring (bicyclic) bond motifs is 1. The lowest BCUT2D eigenvalue weighted by Crippen LogP contribution is -2.40. The number of nitrogens with one attached hydrogen (secondary N) is 1. The van der Waals surface area contributed by atoms with Crippen molar-refractivity contribution in [1.82, 2.24) is 19.5 Å². The van der Waals surface area contributed by atoms with Crippen LogP contribution in [0.15, 0.2) is 97.2 Å². The van der Waals surface area contributed by atoms with Gasteiger partial charge in [0, 0.05) is 43.4 Å². The maximum atomic E-state index is 10.5. The standard InChI is InChI=1S/C32H34BN5O/c33-28-20-35-38-31(18-29(36-32(28)38)26-15-7-8-16-30(26)39)34-19-23-10-9-17-37(21-23)22-27(24-11-3-1-4-12-24)25-13-5-2-6-14-25/h1-8,11-16,18,20,23,27,34,39H,9-10,17,19,21-22,33H2. The highest BCUT2D eigenvalue weighted by molar-refractivity contribution is 6.36. The Kier molecular flexibility index (Phi) is 7.32. The number of aromatic hydroxyl groups is 1. The van der Waals surface area contributed by atoms with Crippen molar-refractivity contribution >= 4 is 24.8 Å². The Morgan fingerprint density at radius 2 is 1.64 bits per heavy atom. The molecule has 39 heavy (non-hydrogen) atoms. The second-order valence-electron chi connectivity index (χ2n) is 10.6. The predicted octanol–water partition coefficient (Wildman–Crippen LogP) is 4.32. The third kappa shape index (κ3) is 5.54. The number of phenolic OH excluding ortho intramolecular Hbond substituents is 1. The lowest BCUT2D eigenvalue weighted by atomic mass is 9.89. The van der Waals surface area contributed by atoms with Gasteiger partial charge in [-0.25, -0.2) is 4.98 Å². The highest BCUT2D eigenvalue weighted by Crippen LogP contribution is 2.30. The summed E-state index contributed by atoms with van der Waals surface area (Å²) >= 11 is 0. The van der Waals surface area contributed by atoms with Crippen LogP contribution in [0.4, 0.5) is 5.82 Å². The van der Waals surface area contributed by atoms with E-state index in [9.17, 15) is 5.11 Å². The van der Waals surface area contributed by atoms with Crippen molar-refractivity contribution in [2.45, 2.75) is 18.8 Å². The molecule has 7 heteroatoms. The zero-order chi connectivity index (χ0) is 26.6. The summed E-state index contributed by atoms with van der Waals surface area (Å²) in [5, 5.41) is 18.7. The molecule has 6 rings (SSSR count). The number of phenols is 1. The normalized spacial score (nSPS) is 16.1. The number of anilines is 1. The molecule has 1 aliphatic rings. The number of likely N-dealkylation sites (tertiary alicyclic amines) is 1. The van der Waals surface area contributed by atoms with Gasteiger partial charge in [0.1, 0.15) is 19.4 Å². The largest absolute Gasteiger partial charge is 0.507 e. The molecule has 5 aromatic rings. The zero-order valence-corrected chi connectivity index (χ0v) is 22.4. The molecule has 2 aromatic heterocycles. The maximum Gasteiger partial charge on any atom is 0.151 e. The van der Waals surface area contributed by atoms with Gasteiger partial charge in [-0.3, -0.25) is 0 Å². The van der Waals surface area contributed by atoms with Crippen LogP contribution < -0.4 is 10.8 Å². The van der Waals surface area contributed by atoms with Crippen molar-refractivity contribution in [3.8, 4) is 17.0 Å².